The topological polar surface area (TPSA) is 60.9 Å². The predicted octanol–water partition coefficient (Wildman–Crippen LogP) is 1.43. The van der Waals surface area contributed by atoms with E-state index >= 15 is 0 Å². The van der Waals surface area contributed by atoms with Gasteiger partial charge in [-0.1, -0.05) is 24.3 Å². The van der Waals surface area contributed by atoms with Gasteiger partial charge in [0, 0.05) is 18.2 Å². The lowest BCUT2D eigenvalue weighted by atomic mass is 10.1. The van der Waals surface area contributed by atoms with Gasteiger partial charge in [0.2, 0.25) is 0 Å². The van der Waals surface area contributed by atoms with Gasteiger partial charge in [-0.25, -0.2) is 4.68 Å². The smallest absolute Gasteiger partial charge is 0.266 e. The van der Waals surface area contributed by atoms with Gasteiger partial charge < -0.3 is 5.73 Å². The zero-order chi connectivity index (χ0) is 13.0. The maximum absolute atomic E-state index is 11.5. The van der Waals surface area contributed by atoms with Crippen molar-refractivity contribution >= 4 is 0 Å². The molecule has 0 spiro atoms. The van der Waals surface area contributed by atoms with Gasteiger partial charge in [0.15, 0.2) is 0 Å². The Bertz CT molecular complexity index is 572. The standard InChI is InChI=1S/C14H17N3O/c1-2-17-14(18)8-7-13(16-17)12-5-3-11(4-6-12)9-10-15/h3-8H,2,9-10,15H2,1H3. The third-order valence-electron chi connectivity index (χ3n) is 2.85. The molecule has 0 amide bonds. The van der Waals surface area contributed by atoms with Crippen LogP contribution < -0.4 is 11.3 Å². The van der Waals surface area contributed by atoms with Crippen molar-refractivity contribution in [2.24, 2.45) is 5.73 Å². The van der Waals surface area contributed by atoms with E-state index in [1.54, 1.807) is 12.1 Å². The van der Waals surface area contributed by atoms with Crippen LogP contribution in [0, 0.1) is 0 Å². The molecule has 0 aliphatic rings. The van der Waals surface area contributed by atoms with Crippen molar-refractivity contribution in [3.63, 3.8) is 0 Å². The summed E-state index contributed by atoms with van der Waals surface area (Å²) < 4.78 is 1.46. The summed E-state index contributed by atoms with van der Waals surface area (Å²) in [5.41, 5.74) is 8.49. The Morgan fingerprint density at radius 3 is 2.50 bits per heavy atom. The molecule has 18 heavy (non-hydrogen) atoms. The quantitative estimate of drug-likeness (QED) is 0.883. The summed E-state index contributed by atoms with van der Waals surface area (Å²) in [5, 5.41) is 4.32. The van der Waals surface area contributed by atoms with Crippen LogP contribution in [0.3, 0.4) is 0 Å². The fourth-order valence-corrected chi connectivity index (χ4v) is 1.84. The van der Waals surface area contributed by atoms with Crippen LogP contribution >= 0.6 is 0 Å². The highest BCUT2D eigenvalue weighted by molar-refractivity contribution is 5.58. The fraction of sp³-hybridized carbons (Fsp3) is 0.286. The van der Waals surface area contributed by atoms with Crippen molar-refractivity contribution in [2.45, 2.75) is 19.9 Å². The normalized spacial score (nSPS) is 10.6. The third kappa shape index (κ3) is 2.65. The molecule has 0 bridgehead atoms. The Morgan fingerprint density at radius 2 is 1.89 bits per heavy atom. The lowest BCUT2D eigenvalue weighted by Crippen LogP contribution is -2.20. The van der Waals surface area contributed by atoms with Crippen LogP contribution in [0.4, 0.5) is 0 Å². The van der Waals surface area contributed by atoms with E-state index < -0.39 is 0 Å². The van der Waals surface area contributed by atoms with Crippen LogP contribution in [0.5, 0.6) is 0 Å². The highest BCUT2D eigenvalue weighted by Crippen LogP contribution is 2.16. The minimum atomic E-state index is -0.0685. The molecule has 1 aromatic carbocycles. The summed E-state index contributed by atoms with van der Waals surface area (Å²) in [5.74, 6) is 0. The van der Waals surface area contributed by atoms with Gasteiger partial charge in [-0.05, 0) is 31.5 Å². The van der Waals surface area contributed by atoms with Gasteiger partial charge in [-0.2, -0.15) is 5.10 Å². The molecule has 1 aromatic heterocycles. The van der Waals surface area contributed by atoms with Gasteiger partial charge in [-0.15, -0.1) is 0 Å². The summed E-state index contributed by atoms with van der Waals surface area (Å²) >= 11 is 0. The molecule has 0 aliphatic carbocycles. The third-order valence-corrected chi connectivity index (χ3v) is 2.85. The molecule has 4 nitrogen and oxygen atoms in total. The largest absolute Gasteiger partial charge is 0.330 e. The minimum absolute atomic E-state index is 0.0685. The van der Waals surface area contributed by atoms with Crippen LogP contribution in [-0.2, 0) is 13.0 Å². The summed E-state index contributed by atoms with van der Waals surface area (Å²) in [6, 6.07) is 11.4. The van der Waals surface area contributed by atoms with Crippen LogP contribution in [0.1, 0.15) is 12.5 Å². The van der Waals surface area contributed by atoms with Crippen molar-refractivity contribution in [3.05, 3.63) is 52.3 Å². The number of rotatable bonds is 4. The molecule has 2 aromatic rings. The number of nitrogens with zero attached hydrogens (tertiary/aromatic N) is 2. The monoisotopic (exact) mass is 243 g/mol. The van der Waals surface area contributed by atoms with Crippen LogP contribution in [0.25, 0.3) is 11.3 Å². The fourth-order valence-electron chi connectivity index (χ4n) is 1.84. The van der Waals surface area contributed by atoms with Gasteiger partial charge in [-0.3, -0.25) is 4.79 Å². The maximum Gasteiger partial charge on any atom is 0.266 e. The van der Waals surface area contributed by atoms with E-state index in [4.69, 9.17) is 5.73 Å². The summed E-state index contributed by atoms with van der Waals surface area (Å²) in [4.78, 5) is 11.5. The zero-order valence-corrected chi connectivity index (χ0v) is 10.5. The van der Waals surface area contributed by atoms with Crippen LogP contribution in [0.15, 0.2) is 41.2 Å². The molecule has 1 heterocycles. The molecule has 0 atom stereocenters. The van der Waals surface area contributed by atoms with Gasteiger partial charge in [0.1, 0.15) is 0 Å². The highest BCUT2D eigenvalue weighted by Gasteiger charge is 2.02. The SMILES string of the molecule is CCn1nc(-c2ccc(CCN)cc2)ccc1=O. The molecule has 0 saturated carbocycles. The van der Waals surface area contributed by atoms with Gasteiger partial charge in [0.25, 0.3) is 5.56 Å². The van der Waals surface area contributed by atoms with E-state index in [1.807, 2.05) is 31.2 Å². The lowest BCUT2D eigenvalue weighted by Gasteiger charge is -2.05. The average Bonchev–Trinajstić information content (AvgIpc) is 2.41. The predicted molar refractivity (Wildman–Crippen MR) is 72.4 cm³/mol. The summed E-state index contributed by atoms with van der Waals surface area (Å²) in [6.07, 6.45) is 0.877. The Labute approximate surface area is 106 Å². The molecule has 94 valence electrons. The van der Waals surface area contributed by atoms with E-state index in [1.165, 1.54) is 10.2 Å². The second-order valence-corrected chi connectivity index (χ2v) is 4.11. The van der Waals surface area contributed by atoms with Crippen molar-refractivity contribution in [3.8, 4) is 11.3 Å². The first kappa shape index (κ1) is 12.5. The van der Waals surface area contributed by atoms with Crippen molar-refractivity contribution < 1.29 is 0 Å². The van der Waals surface area contributed by atoms with Gasteiger partial charge in [0.05, 0.1) is 5.69 Å². The molecule has 0 aliphatic heterocycles. The van der Waals surface area contributed by atoms with Crippen LogP contribution in [-0.4, -0.2) is 16.3 Å². The van der Waals surface area contributed by atoms with Crippen molar-refractivity contribution in [1.29, 1.82) is 0 Å². The Balaban J connectivity index is 2.33. The van der Waals surface area contributed by atoms with Gasteiger partial charge >= 0.3 is 0 Å². The maximum atomic E-state index is 11.5. The first-order chi connectivity index (χ1) is 8.74. The molecule has 0 fully saturated rings. The lowest BCUT2D eigenvalue weighted by molar-refractivity contribution is 0.619. The van der Waals surface area contributed by atoms with E-state index in [0.29, 0.717) is 13.1 Å². The highest BCUT2D eigenvalue weighted by atomic mass is 16.1. The molecule has 0 saturated heterocycles. The first-order valence-corrected chi connectivity index (χ1v) is 6.12. The summed E-state index contributed by atoms with van der Waals surface area (Å²) in [7, 11) is 0. The van der Waals surface area contributed by atoms with E-state index in [0.717, 1.165) is 17.7 Å². The second-order valence-electron chi connectivity index (χ2n) is 4.11. The first-order valence-electron chi connectivity index (χ1n) is 6.12. The van der Waals surface area contributed by atoms with E-state index in [-0.39, 0.29) is 5.56 Å². The number of hydrogen-bond acceptors (Lipinski definition) is 3. The average molecular weight is 243 g/mol. The van der Waals surface area contributed by atoms with E-state index in [9.17, 15) is 4.79 Å². The van der Waals surface area contributed by atoms with E-state index in [2.05, 4.69) is 5.10 Å². The zero-order valence-electron chi connectivity index (χ0n) is 10.5. The number of hydrogen-bond donors (Lipinski definition) is 1. The Kier molecular flexibility index (Phi) is 3.89. The molecule has 0 unspecified atom stereocenters. The number of aromatic nitrogens is 2. The molecular formula is C14H17N3O. The van der Waals surface area contributed by atoms with Crippen molar-refractivity contribution in [1.82, 2.24) is 9.78 Å². The molecule has 2 N–H and O–H groups in total. The minimum Gasteiger partial charge on any atom is -0.330 e. The van der Waals surface area contributed by atoms with Crippen LogP contribution in [0.2, 0.25) is 0 Å². The molecule has 2 rings (SSSR count). The number of aryl methyl sites for hydroxylation is 1. The Morgan fingerprint density at radius 1 is 1.17 bits per heavy atom. The number of nitrogens with two attached hydrogens (primary N) is 1. The summed E-state index contributed by atoms with van der Waals surface area (Å²) in [6.45, 7) is 3.14. The molecule has 4 heteroatoms. The van der Waals surface area contributed by atoms with Crippen molar-refractivity contribution in [2.75, 3.05) is 6.54 Å². The molecular weight excluding hydrogens is 226 g/mol. The molecule has 0 radical (unpaired) electrons. The number of benzene rings is 1. The second kappa shape index (κ2) is 5.60. The Hall–Kier alpha value is -1.94.